The first-order chi connectivity index (χ1) is 9.83. The van der Waals surface area contributed by atoms with Gasteiger partial charge in [0.2, 0.25) is 0 Å². The smallest absolute Gasteiger partial charge is 0.129 e. The first kappa shape index (κ1) is 13.1. The van der Waals surface area contributed by atoms with Gasteiger partial charge < -0.3 is 5.32 Å². The zero-order valence-electron chi connectivity index (χ0n) is 11.0. The van der Waals surface area contributed by atoms with Crippen molar-refractivity contribution in [3.05, 3.63) is 70.7 Å². The molecule has 0 saturated heterocycles. The Labute approximate surface area is 127 Å². The number of anilines is 1. The van der Waals surface area contributed by atoms with Crippen LogP contribution >= 0.6 is 15.9 Å². The van der Waals surface area contributed by atoms with Gasteiger partial charge in [0.25, 0.3) is 0 Å². The highest BCUT2D eigenvalue weighted by Gasteiger charge is 2.11. The van der Waals surface area contributed by atoms with Crippen LogP contribution in [0.1, 0.15) is 5.56 Å². The summed E-state index contributed by atoms with van der Waals surface area (Å²) >= 11 is 3.45. The summed E-state index contributed by atoms with van der Waals surface area (Å²) in [5, 5.41) is 4.50. The van der Waals surface area contributed by atoms with Gasteiger partial charge in [-0.2, -0.15) is 0 Å². The summed E-state index contributed by atoms with van der Waals surface area (Å²) in [7, 11) is 0. The molecule has 4 rings (SSSR count). The Kier molecular flexibility index (Phi) is 3.97. The van der Waals surface area contributed by atoms with E-state index in [0.29, 0.717) is 0 Å². The lowest BCUT2D eigenvalue weighted by Gasteiger charge is -2.02. The van der Waals surface area contributed by atoms with Crippen molar-refractivity contribution in [2.24, 2.45) is 0 Å². The van der Waals surface area contributed by atoms with Gasteiger partial charge in [-0.3, -0.25) is 0 Å². The second kappa shape index (κ2) is 6.06. The molecule has 3 heteroatoms. The maximum absolute atomic E-state index is 4.58. The predicted octanol–water partition coefficient (Wildman–Crippen LogP) is 4.65. The summed E-state index contributed by atoms with van der Waals surface area (Å²) in [5.41, 5.74) is 2.38. The quantitative estimate of drug-likeness (QED) is 0.650. The number of benzene rings is 2. The van der Waals surface area contributed by atoms with Gasteiger partial charge in [0.1, 0.15) is 5.82 Å². The third-order valence-corrected chi connectivity index (χ3v) is 3.71. The number of halogens is 1. The summed E-state index contributed by atoms with van der Waals surface area (Å²) in [4.78, 5) is 4.58. The molecule has 2 nitrogen and oxygen atoms in total. The van der Waals surface area contributed by atoms with E-state index in [1.54, 1.807) is 0 Å². The Morgan fingerprint density at radius 3 is 2.35 bits per heavy atom. The first-order valence-corrected chi connectivity index (χ1v) is 7.45. The fourth-order valence-corrected chi connectivity index (χ4v) is 2.58. The molecular formula is C17H15BrN2. The lowest BCUT2D eigenvalue weighted by Crippen LogP contribution is -1.93. The molecule has 2 aromatic carbocycles. The molecule has 1 aliphatic rings. The van der Waals surface area contributed by atoms with Crippen LogP contribution in [-0.4, -0.2) is 11.5 Å². The van der Waals surface area contributed by atoms with Crippen molar-refractivity contribution in [2.45, 2.75) is 6.42 Å². The molecule has 0 atom stereocenters. The van der Waals surface area contributed by atoms with Crippen molar-refractivity contribution in [1.82, 2.24) is 4.98 Å². The summed E-state index contributed by atoms with van der Waals surface area (Å²) in [6.07, 6.45) is 1.09. The minimum absolute atomic E-state index is 1.01. The Morgan fingerprint density at radius 1 is 0.950 bits per heavy atom. The molecule has 20 heavy (non-hydrogen) atoms. The van der Waals surface area contributed by atoms with Crippen molar-refractivity contribution in [2.75, 3.05) is 11.9 Å². The standard InChI is InChI=1S/C11H9BrN2.C6H6/c12-9-2-1-7-5-8-3-4-13-11(8)14-10(7)6-9;1-2-4-6-5-3-1/h1-2,5-6H,3-4H2,(H,13,14);1-6H. The molecule has 0 unspecified atom stereocenters. The van der Waals surface area contributed by atoms with Crippen LogP contribution < -0.4 is 5.32 Å². The van der Waals surface area contributed by atoms with Gasteiger partial charge in [-0.05, 0) is 30.2 Å². The van der Waals surface area contributed by atoms with E-state index in [0.717, 1.165) is 28.8 Å². The summed E-state index contributed by atoms with van der Waals surface area (Å²) < 4.78 is 1.08. The van der Waals surface area contributed by atoms with Crippen molar-refractivity contribution >= 4 is 32.7 Å². The summed E-state index contributed by atoms with van der Waals surface area (Å²) in [6, 6.07) is 20.4. The first-order valence-electron chi connectivity index (χ1n) is 6.66. The highest BCUT2D eigenvalue weighted by molar-refractivity contribution is 9.10. The number of nitrogens with one attached hydrogen (secondary N) is 1. The average molecular weight is 327 g/mol. The van der Waals surface area contributed by atoms with Gasteiger partial charge in [0.05, 0.1) is 5.52 Å². The SMILES string of the molecule is Brc1ccc2cc3c(nc2c1)NCC3.c1ccccc1. The van der Waals surface area contributed by atoms with Crippen LogP contribution in [0.3, 0.4) is 0 Å². The van der Waals surface area contributed by atoms with E-state index in [9.17, 15) is 0 Å². The van der Waals surface area contributed by atoms with Crippen LogP contribution in [0, 0.1) is 0 Å². The highest BCUT2D eigenvalue weighted by Crippen LogP contribution is 2.26. The minimum atomic E-state index is 1.01. The second-order valence-electron chi connectivity index (χ2n) is 4.66. The van der Waals surface area contributed by atoms with Crippen LogP contribution in [0.5, 0.6) is 0 Å². The van der Waals surface area contributed by atoms with Crippen LogP contribution in [0.15, 0.2) is 65.1 Å². The molecule has 1 aliphatic heterocycles. The van der Waals surface area contributed by atoms with E-state index < -0.39 is 0 Å². The molecule has 0 bridgehead atoms. The van der Waals surface area contributed by atoms with Crippen LogP contribution in [0.25, 0.3) is 10.9 Å². The maximum Gasteiger partial charge on any atom is 0.129 e. The third kappa shape index (κ3) is 2.99. The number of aromatic nitrogens is 1. The van der Waals surface area contributed by atoms with Crippen molar-refractivity contribution < 1.29 is 0 Å². The Hall–Kier alpha value is -1.87. The summed E-state index contributed by atoms with van der Waals surface area (Å²) in [6.45, 7) is 1.01. The average Bonchev–Trinajstić information content (AvgIpc) is 2.94. The lowest BCUT2D eigenvalue weighted by molar-refractivity contribution is 1.11. The fourth-order valence-electron chi connectivity index (χ4n) is 2.23. The number of rotatable bonds is 0. The van der Waals surface area contributed by atoms with Crippen molar-refractivity contribution in [1.29, 1.82) is 0 Å². The van der Waals surface area contributed by atoms with E-state index in [1.807, 2.05) is 36.4 Å². The second-order valence-corrected chi connectivity index (χ2v) is 5.58. The zero-order chi connectivity index (χ0) is 13.8. The molecular weight excluding hydrogens is 312 g/mol. The molecule has 0 saturated carbocycles. The molecule has 0 aliphatic carbocycles. The highest BCUT2D eigenvalue weighted by atomic mass is 79.9. The summed E-state index contributed by atoms with van der Waals surface area (Å²) in [5.74, 6) is 1.05. The molecule has 0 fully saturated rings. The third-order valence-electron chi connectivity index (χ3n) is 3.21. The number of fused-ring (bicyclic) bond motifs is 2. The maximum atomic E-state index is 4.58. The number of pyridine rings is 1. The normalized spacial score (nSPS) is 12.2. The predicted molar refractivity (Wildman–Crippen MR) is 88.1 cm³/mol. The van der Waals surface area contributed by atoms with Crippen molar-refractivity contribution in [3.8, 4) is 0 Å². The van der Waals surface area contributed by atoms with Gasteiger partial charge >= 0.3 is 0 Å². The zero-order valence-corrected chi connectivity index (χ0v) is 12.6. The van der Waals surface area contributed by atoms with E-state index >= 15 is 0 Å². The van der Waals surface area contributed by atoms with Crippen LogP contribution in [-0.2, 0) is 6.42 Å². The van der Waals surface area contributed by atoms with Crippen LogP contribution in [0.4, 0.5) is 5.82 Å². The molecule has 0 amide bonds. The monoisotopic (exact) mass is 326 g/mol. The van der Waals surface area contributed by atoms with E-state index in [-0.39, 0.29) is 0 Å². The van der Waals surface area contributed by atoms with Gasteiger partial charge in [0, 0.05) is 16.4 Å². The van der Waals surface area contributed by atoms with Crippen LogP contribution in [0.2, 0.25) is 0 Å². The largest absolute Gasteiger partial charge is 0.369 e. The lowest BCUT2D eigenvalue weighted by atomic mass is 10.1. The molecule has 0 radical (unpaired) electrons. The number of hydrogen-bond donors (Lipinski definition) is 1. The van der Waals surface area contributed by atoms with Gasteiger partial charge in [-0.25, -0.2) is 4.98 Å². The van der Waals surface area contributed by atoms with Gasteiger partial charge in [0.15, 0.2) is 0 Å². The van der Waals surface area contributed by atoms with E-state index in [1.165, 1.54) is 10.9 Å². The number of hydrogen-bond acceptors (Lipinski definition) is 2. The van der Waals surface area contributed by atoms with Crippen molar-refractivity contribution in [3.63, 3.8) is 0 Å². The Balaban J connectivity index is 0.000000170. The molecule has 2 heterocycles. The minimum Gasteiger partial charge on any atom is -0.369 e. The topological polar surface area (TPSA) is 24.9 Å². The molecule has 1 N–H and O–H groups in total. The molecule has 100 valence electrons. The Morgan fingerprint density at radius 2 is 1.65 bits per heavy atom. The molecule has 1 aromatic heterocycles. The van der Waals surface area contributed by atoms with E-state index in [4.69, 9.17) is 0 Å². The molecule has 3 aromatic rings. The Bertz CT molecular complexity index is 684. The number of nitrogens with zero attached hydrogens (tertiary/aromatic N) is 1. The van der Waals surface area contributed by atoms with E-state index in [2.05, 4.69) is 50.5 Å². The fraction of sp³-hybridized carbons (Fsp3) is 0.118. The molecule has 0 spiro atoms. The van der Waals surface area contributed by atoms with Gasteiger partial charge in [-0.15, -0.1) is 0 Å². The van der Waals surface area contributed by atoms with Gasteiger partial charge in [-0.1, -0.05) is 58.4 Å².